The highest BCUT2D eigenvalue weighted by Gasteiger charge is 2.28. The molecule has 1 aromatic rings. The van der Waals surface area contributed by atoms with Gasteiger partial charge in [-0.15, -0.1) is 0 Å². The highest BCUT2D eigenvalue weighted by molar-refractivity contribution is 7.90. The van der Waals surface area contributed by atoms with Crippen LogP contribution in [-0.2, 0) is 21.1 Å². The first-order valence-corrected chi connectivity index (χ1v) is 8.24. The quantitative estimate of drug-likeness (QED) is 0.785. The van der Waals surface area contributed by atoms with E-state index in [1.54, 1.807) is 18.2 Å². The molecule has 1 N–H and O–H groups in total. The first-order valence-electron chi connectivity index (χ1n) is 6.18. The van der Waals surface area contributed by atoms with Gasteiger partial charge in [0.1, 0.15) is 21.3 Å². The second kappa shape index (κ2) is 5.70. The van der Waals surface area contributed by atoms with E-state index in [2.05, 4.69) is 0 Å². The van der Waals surface area contributed by atoms with Crippen molar-refractivity contribution in [1.82, 2.24) is 0 Å². The molecule has 0 radical (unpaired) electrons. The predicted octanol–water partition coefficient (Wildman–Crippen LogP) is 0.888. The first-order chi connectivity index (χ1) is 9.35. The molecule has 2 rings (SSSR count). The van der Waals surface area contributed by atoms with E-state index in [-0.39, 0.29) is 12.4 Å². The summed E-state index contributed by atoms with van der Waals surface area (Å²) < 4.78 is 32.7. The van der Waals surface area contributed by atoms with Crippen LogP contribution < -0.4 is 9.47 Å². The lowest BCUT2D eigenvalue weighted by Gasteiger charge is -2.08. The molecule has 1 aliphatic rings. The fraction of sp³-hybridized carbons (Fsp3) is 0.462. The maximum Gasteiger partial charge on any atom is 0.345 e. The molecule has 0 amide bonds. The van der Waals surface area contributed by atoms with Gasteiger partial charge in [-0.3, -0.25) is 0 Å². The highest BCUT2D eigenvalue weighted by Crippen LogP contribution is 2.32. The zero-order valence-electron chi connectivity index (χ0n) is 11.0. The minimum Gasteiger partial charge on any atom is -0.493 e. The molecule has 6 nitrogen and oxygen atoms in total. The standard InChI is InChI=1S/C13H16O6S/c1-20(16,17)6-2-5-18-10-4-3-9-7-12(13(14)15)19-11(9)8-10/h3-4,8,12H,2,5-7H2,1H3,(H,14,15). The van der Waals surface area contributed by atoms with E-state index >= 15 is 0 Å². The Morgan fingerprint density at radius 1 is 1.50 bits per heavy atom. The number of rotatable bonds is 6. The Balaban J connectivity index is 1.90. The summed E-state index contributed by atoms with van der Waals surface area (Å²) in [5.41, 5.74) is 0.834. The molecule has 20 heavy (non-hydrogen) atoms. The maximum atomic E-state index is 11.0. The largest absolute Gasteiger partial charge is 0.493 e. The van der Waals surface area contributed by atoms with Gasteiger partial charge in [0.2, 0.25) is 0 Å². The van der Waals surface area contributed by atoms with Crippen LogP contribution in [0.3, 0.4) is 0 Å². The van der Waals surface area contributed by atoms with Gasteiger partial charge in [0.25, 0.3) is 0 Å². The summed E-state index contributed by atoms with van der Waals surface area (Å²) in [7, 11) is -2.97. The summed E-state index contributed by atoms with van der Waals surface area (Å²) in [4.78, 5) is 10.8. The number of aliphatic carboxylic acids is 1. The third-order valence-corrected chi connectivity index (χ3v) is 3.95. The van der Waals surface area contributed by atoms with Gasteiger partial charge in [-0.2, -0.15) is 0 Å². The number of hydrogen-bond donors (Lipinski definition) is 1. The Labute approximate surface area is 117 Å². The summed E-state index contributed by atoms with van der Waals surface area (Å²) in [5.74, 6) is 0.147. The van der Waals surface area contributed by atoms with Crippen LogP contribution in [0, 0.1) is 0 Å². The van der Waals surface area contributed by atoms with Crippen LogP contribution >= 0.6 is 0 Å². The van der Waals surface area contributed by atoms with Crippen molar-refractivity contribution in [3.8, 4) is 11.5 Å². The van der Waals surface area contributed by atoms with E-state index in [0.717, 1.165) is 5.56 Å². The molecule has 1 heterocycles. The molecule has 1 atom stereocenters. The fourth-order valence-electron chi connectivity index (χ4n) is 1.95. The Morgan fingerprint density at radius 3 is 2.90 bits per heavy atom. The van der Waals surface area contributed by atoms with Gasteiger partial charge in [0.15, 0.2) is 6.10 Å². The third-order valence-electron chi connectivity index (χ3n) is 2.92. The number of benzene rings is 1. The Morgan fingerprint density at radius 2 is 2.25 bits per heavy atom. The number of sulfone groups is 1. The molecule has 1 aliphatic heterocycles. The third kappa shape index (κ3) is 3.86. The minimum atomic E-state index is -2.97. The summed E-state index contributed by atoms with van der Waals surface area (Å²) in [6.45, 7) is 0.286. The average molecular weight is 300 g/mol. The lowest BCUT2D eigenvalue weighted by molar-refractivity contribution is -0.144. The molecular weight excluding hydrogens is 284 g/mol. The normalized spacial score (nSPS) is 17.4. The second-order valence-electron chi connectivity index (χ2n) is 4.75. The van der Waals surface area contributed by atoms with Crippen molar-refractivity contribution in [2.75, 3.05) is 18.6 Å². The molecule has 7 heteroatoms. The highest BCUT2D eigenvalue weighted by atomic mass is 32.2. The molecule has 0 saturated heterocycles. The summed E-state index contributed by atoms with van der Waals surface area (Å²) >= 11 is 0. The van der Waals surface area contributed by atoms with Crippen molar-refractivity contribution in [3.63, 3.8) is 0 Å². The van der Waals surface area contributed by atoms with E-state index in [1.165, 1.54) is 6.26 Å². The maximum absolute atomic E-state index is 11.0. The fourth-order valence-corrected chi connectivity index (χ4v) is 2.59. The number of carboxylic acids is 1. The SMILES string of the molecule is CS(=O)(=O)CCCOc1ccc2c(c1)OC(C(=O)O)C2. The molecular formula is C13H16O6S. The Hall–Kier alpha value is -1.76. The minimum absolute atomic E-state index is 0.0789. The van der Waals surface area contributed by atoms with Crippen LogP contribution in [0.1, 0.15) is 12.0 Å². The number of ether oxygens (including phenoxy) is 2. The number of carboxylic acid groups (broad SMARTS) is 1. The molecule has 0 bridgehead atoms. The van der Waals surface area contributed by atoms with Gasteiger partial charge in [-0.1, -0.05) is 6.07 Å². The summed E-state index contributed by atoms with van der Waals surface area (Å²) in [6.07, 6.45) is 1.10. The van der Waals surface area contributed by atoms with Crippen LogP contribution in [0.5, 0.6) is 11.5 Å². The van der Waals surface area contributed by atoms with Crippen molar-refractivity contribution < 1.29 is 27.8 Å². The average Bonchev–Trinajstić information content (AvgIpc) is 2.76. The van der Waals surface area contributed by atoms with Gasteiger partial charge < -0.3 is 14.6 Å². The lowest BCUT2D eigenvalue weighted by atomic mass is 10.1. The molecule has 1 unspecified atom stereocenters. The van der Waals surface area contributed by atoms with Crippen LogP contribution in [-0.4, -0.2) is 44.2 Å². The Bertz CT molecular complexity index is 607. The van der Waals surface area contributed by atoms with E-state index in [0.29, 0.717) is 24.3 Å². The van der Waals surface area contributed by atoms with Crippen molar-refractivity contribution in [3.05, 3.63) is 23.8 Å². The first kappa shape index (κ1) is 14.6. The Kier molecular flexibility index (Phi) is 4.17. The molecule has 1 aromatic carbocycles. The van der Waals surface area contributed by atoms with Crippen LogP contribution in [0.15, 0.2) is 18.2 Å². The van der Waals surface area contributed by atoms with Gasteiger partial charge >= 0.3 is 5.97 Å². The van der Waals surface area contributed by atoms with Crippen molar-refractivity contribution in [1.29, 1.82) is 0 Å². The lowest BCUT2D eigenvalue weighted by Crippen LogP contribution is -2.24. The summed E-state index contributed by atoms with van der Waals surface area (Å²) in [6, 6.07) is 5.13. The number of carbonyl (C=O) groups is 1. The van der Waals surface area contributed by atoms with E-state index in [4.69, 9.17) is 14.6 Å². The number of hydrogen-bond acceptors (Lipinski definition) is 5. The zero-order valence-corrected chi connectivity index (χ0v) is 11.9. The van der Waals surface area contributed by atoms with Gasteiger partial charge in [-0.05, 0) is 18.1 Å². The van der Waals surface area contributed by atoms with Gasteiger partial charge in [0.05, 0.1) is 12.4 Å². The zero-order chi connectivity index (χ0) is 14.8. The van der Waals surface area contributed by atoms with Crippen LogP contribution in [0.25, 0.3) is 0 Å². The van der Waals surface area contributed by atoms with Gasteiger partial charge in [0, 0.05) is 18.7 Å². The van der Waals surface area contributed by atoms with Crippen molar-refractivity contribution in [2.45, 2.75) is 18.9 Å². The van der Waals surface area contributed by atoms with E-state index in [9.17, 15) is 13.2 Å². The van der Waals surface area contributed by atoms with E-state index in [1.807, 2.05) is 0 Å². The summed E-state index contributed by atoms with van der Waals surface area (Å²) in [5, 5.41) is 8.89. The topological polar surface area (TPSA) is 89.9 Å². The molecule has 0 fully saturated rings. The number of fused-ring (bicyclic) bond motifs is 1. The monoisotopic (exact) mass is 300 g/mol. The van der Waals surface area contributed by atoms with Crippen molar-refractivity contribution >= 4 is 15.8 Å². The molecule has 110 valence electrons. The predicted molar refractivity (Wildman–Crippen MR) is 72.0 cm³/mol. The van der Waals surface area contributed by atoms with Crippen LogP contribution in [0.2, 0.25) is 0 Å². The smallest absolute Gasteiger partial charge is 0.345 e. The molecule has 0 spiro atoms. The molecule has 0 aromatic heterocycles. The van der Waals surface area contributed by atoms with E-state index < -0.39 is 21.9 Å². The molecule has 0 aliphatic carbocycles. The van der Waals surface area contributed by atoms with Crippen LogP contribution in [0.4, 0.5) is 0 Å². The second-order valence-corrected chi connectivity index (χ2v) is 7.01. The molecule has 0 saturated carbocycles. The van der Waals surface area contributed by atoms with Crippen molar-refractivity contribution in [2.24, 2.45) is 0 Å². The van der Waals surface area contributed by atoms with Gasteiger partial charge in [-0.25, -0.2) is 13.2 Å².